The smallest absolute Gasteiger partial charge is 0.324 e. The molecule has 1 aromatic rings. The number of likely N-dealkylation sites (tertiary alicyclic amines) is 1. The highest BCUT2D eigenvalue weighted by atomic mass is 35.5. The van der Waals surface area contributed by atoms with Gasteiger partial charge < -0.3 is 14.9 Å². The van der Waals surface area contributed by atoms with Crippen molar-refractivity contribution in [2.75, 3.05) is 18.4 Å². The molecule has 170 valence electrons. The first kappa shape index (κ1) is 23.5. The highest BCUT2D eigenvalue weighted by molar-refractivity contribution is 7.19. The minimum absolute atomic E-state index is 0.00816. The molecule has 1 aromatic heterocycles. The van der Waals surface area contributed by atoms with Crippen LogP contribution in [0.3, 0.4) is 0 Å². The van der Waals surface area contributed by atoms with Gasteiger partial charge in [0.15, 0.2) is 5.13 Å². The molecule has 2 heterocycles. The lowest BCUT2D eigenvalue weighted by Gasteiger charge is -2.43. The van der Waals surface area contributed by atoms with Crippen LogP contribution < -0.4 is 5.32 Å². The number of piperidine rings is 1. The number of nitrogens with zero attached hydrogens (tertiary/aromatic N) is 3. The number of aromatic nitrogens is 1. The maximum Gasteiger partial charge on any atom is 0.324 e. The van der Waals surface area contributed by atoms with Gasteiger partial charge in [-0.3, -0.25) is 14.9 Å². The standard InChI is InChI=1S/C21H29ClN4O4S/c22-17-14-23-20(31-17)24-21(30)26(15-6-2-1-3-7-15)16-10-12-25(13-11-16)18(27)8-4-5-9-19(28)29/h4-5,14-16H,1-3,6-13H2,(H,28,29)(H,23,24,30)/b5-4+. The minimum Gasteiger partial charge on any atom is -0.481 e. The number of amides is 3. The van der Waals surface area contributed by atoms with Gasteiger partial charge in [-0.2, -0.15) is 0 Å². The van der Waals surface area contributed by atoms with Crippen LogP contribution in [0.25, 0.3) is 0 Å². The second-order valence-corrected chi connectivity index (χ2v) is 9.65. The second-order valence-electron chi connectivity index (χ2n) is 7.98. The number of halogens is 1. The van der Waals surface area contributed by atoms with E-state index in [0.29, 0.717) is 22.6 Å². The molecule has 2 fully saturated rings. The van der Waals surface area contributed by atoms with Gasteiger partial charge in [-0.05, 0) is 25.7 Å². The van der Waals surface area contributed by atoms with E-state index in [-0.39, 0.29) is 36.9 Å². The van der Waals surface area contributed by atoms with E-state index in [1.807, 2.05) is 4.90 Å². The van der Waals surface area contributed by atoms with Gasteiger partial charge in [0.2, 0.25) is 5.91 Å². The van der Waals surface area contributed by atoms with Crippen molar-refractivity contribution < 1.29 is 19.5 Å². The van der Waals surface area contributed by atoms with E-state index in [1.54, 1.807) is 11.0 Å². The number of nitrogens with one attached hydrogen (secondary N) is 1. The summed E-state index contributed by atoms with van der Waals surface area (Å²) in [5.41, 5.74) is 0. The Morgan fingerprint density at radius 2 is 1.77 bits per heavy atom. The quantitative estimate of drug-likeness (QED) is 0.578. The number of thiazole rings is 1. The van der Waals surface area contributed by atoms with Crippen LogP contribution in [0.1, 0.15) is 57.8 Å². The number of aliphatic carboxylic acids is 1. The van der Waals surface area contributed by atoms with E-state index in [9.17, 15) is 14.4 Å². The van der Waals surface area contributed by atoms with Crippen molar-refractivity contribution in [1.82, 2.24) is 14.8 Å². The van der Waals surface area contributed by atoms with Crippen molar-refractivity contribution in [1.29, 1.82) is 0 Å². The summed E-state index contributed by atoms with van der Waals surface area (Å²) in [6.45, 7) is 1.19. The predicted molar refractivity (Wildman–Crippen MR) is 120 cm³/mol. The molecule has 0 atom stereocenters. The van der Waals surface area contributed by atoms with Crippen molar-refractivity contribution in [3.63, 3.8) is 0 Å². The monoisotopic (exact) mass is 468 g/mol. The lowest BCUT2D eigenvalue weighted by molar-refractivity contribution is -0.136. The number of hydrogen-bond donors (Lipinski definition) is 2. The first-order chi connectivity index (χ1) is 14.9. The number of carboxylic acid groups (broad SMARTS) is 1. The maximum absolute atomic E-state index is 13.2. The summed E-state index contributed by atoms with van der Waals surface area (Å²) >= 11 is 7.19. The molecular formula is C21H29ClN4O4S. The fourth-order valence-electron chi connectivity index (χ4n) is 4.35. The van der Waals surface area contributed by atoms with E-state index in [2.05, 4.69) is 10.3 Å². The molecule has 1 saturated carbocycles. The summed E-state index contributed by atoms with van der Waals surface area (Å²) in [5, 5.41) is 12.1. The fourth-order valence-corrected chi connectivity index (χ4v) is 5.15. The molecule has 3 amide bonds. The van der Waals surface area contributed by atoms with E-state index in [4.69, 9.17) is 16.7 Å². The molecule has 1 aliphatic carbocycles. The second kappa shape index (κ2) is 11.5. The summed E-state index contributed by atoms with van der Waals surface area (Å²) < 4.78 is 0.531. The van der Waals surface area contributed by atoms with E-state index >= 15 is 0 Å². The lowest BCUT2D eigenvalue weighted by Crippen LogP contribution is -2.54. The zero-order chi connectivity index (χ0) is 22.2. The van der Waals surface area contributed by atoms with Crippen molar-refractivity contribution in [2.45, 2.75) is 69.9 Å². The van der Waals surface area contributed by atoms with Crippen molar-refractivity contribution in [2.24, 2.45) is 0 Å². The van der Waals surface area contributed by atoms with Crippen molar-refractivity contribution in [3.05, 3.63) is 22.7 Å². The number of anilines is 1. The Labute approximate surface area is 191 Å². The first-order valence-electron chi connectivity index (χ1n) is 10.8. The van der Waals surface area contributed by atoms with Crippen LogP contribution in [0.4, 0.5) is 9.93 Å². The number of urea groups is 1. The van der Waals surface area contributed by atoms with Crippen molar-refractivity contribution in [3.8, 4) is 0 Å². The Hall–Kier alpha value is -2.13. The van der Waals surface area contributed by atoms with Crippen LogP contribution in [0, 0.1) is 0 Å². The normalized spacial score (nSPS) is 18.3. The molecule has 0 aromatic carbocycles. The van der Waals surface area contributed by atoms with Gasteiger partial charge in [0.25, 0.3) is 0 Å². The molecule has 2 aliphatic rings. The predicted octanol–water partition coefficient (Wildman–Crippen LogP) is 4.38. The Morgan fingerprint density at radius 3 is 2.39 bits per heavy atom. The first-order valence-corrected chi connectivity index (χ1v) is 12.0. The lowest BCUT2D eigenvalue weighted by atomic mass is 9.91. The molecule has 0 spiro atoms. The van der Waals surface area contributed by atoms with Crippen LogP contribution in [-0.4, -0.2) is 63.0 Å². The Kier molecular flexibility index (Phi) is 8.71. The van der Waals surface area contributed by atoms with Crippen molar-refractivity contribution >= 4 is 46.0 Å². The molecular weight excluding hydrogens is 440 g/mol. The Balaban J connectivity index is 1.58. The topological polar surface area (TPSA) is 103 Å². The summed E-state index contributed by atoms with van der Waals surface area (Å²) in [6.07, 6.45) is 11.7. The van der Waals surface area contributed by atoms with Crippen LogP contribution in [0.2, 0.25) is 4.34 Å². The van der Waals surface area contributed by atoms with Crippen LogP contribution >= 0.6 is 22.9 Å². The minimum atomic E-state index is -0.911. The number of carbonyl (C=O) groups is 3. The highest BCUT2D eigenvalue weighted by Gasteiger charge is 2.34. The zero-order valence-electron chi connectivity index (χ0n) is 17.5. The number of carboxylic acids is 1. The molecule has 8 nitrogen and oxygen atoms in total. The average molecular weight is 469 g/mol. The molecule has 2 N–H and O–H groups in total. The van der Waals surface area contributed by atoms with Gasteiger partial charge in [-0.15, -0.1) is 0 Å². The third kappa shape index (κ3) is 6.93. The van der Waals surface area contributed by atoms with Gasteiger partial charge in [-0.25, -0.2) is 9.78 Å². The summed E-state index contributed by atoms with van der Waals surface area (Å²) in [6, 6.07) is 0.139. The molecule has 31 heavy (non-hydrogen) atoms. The van der Waals surface area contributed by atoms with Crippen LogP contribution in [0.5, 0.6) is 0 Å². The van der Waals surface area contributed by atoms with E-state index in [0.717, 1.165) is 38.5 Å². The maximum atomic E-state index is 13.2. The Morgan fingerprint density at radius 1 is 1.13 bits per heavy atom. The third-order valence-electron chi connectivity index (χ3n) is 5.86. The number of hydrogen-bond acceptors (Lipinski definition) is 5. The molecule has 3 rings (SSSR count). The molecule has 1 aliphatic heterocycles. The van der Waals surface area contributed by atoms with Crippen LogP contribution in [0.15, 0.2) is 18.3 Å². The van der Waals surface area contributed by atoms with Gasteiger partial charge in [0.1, 0.15) is 4.34 Å². The summed E-state index contributed by atoms with van der Waals surface area (Å²) in [5.74, 6) is -0.920. The number of rotatable bonds is 7. The molecule has 1 saturated heterocycles. The molecule has 10 heteroatoms. The summed E-state index contributed by atoms with van der Waals surface area (Å²) in [7, 11) is 0. The average Bonchev–Trinajstić information content (AvgIpc) is 3.17. The molecule has 0 unspecified atom stereocenters. The van der Waals surface area contributed by atoms with Gasteiger partial charge >= 0.3 is 12.0 Å². The van der Waals surface area contributed by atoms with Gasteiger partial charge in [-0.1, -0.05) is 54.4 Å². The number of carbonyl (C=O) groups excluding carboxylic acids is 2. The molecule has 0 bridgehead atoms. The van der Waals surface area contributed by atoms with Gasteiger partial charge in [0.05, 0.1) is 12.6 Å². The highest BCUT2D eigenvalue weighted by Crippen LogP contribution is 2.30. The summed E-state index contributed by atoms with van der Waals surface area (Å²) in [4.78, 5) is 44.1. The van der Waals surface area contributed by atoms with Gasteiger partial charge in [0, 0.05) is 31.6 Å². The largest absolute Gasteiger partial charge is 0.481 e. The SMILES string of the molecule is O=C(O)C/C=C/CC(=O)N1CCC(N(C(=O)Nc2ncc(Cl)s2)C2CCCCC2)CC1. The van der Waals surface area contributed by atoms with Crippen LogP contribution in [-0.2, 0) is 9.59 Å². The Bertz CT molecular complexity index is 801. The van der Waals surface area contributed by atoms with E-state index < -0.39 is 5.97 Å². The fraction of sp³-hybridized carbons (Fsp3) is 0.619. The molecule has 0 radical (unpaired) electrons. The van der Waals surface area contributed by atoms with E-state index in [1.165, 1.54) is 30.0 Å². The third-order valence-corrected chi connectivity index (χ3v) is 6.89. The zero-order valence-corrected chi connectivity index (χ0v) is 19.0.